The summed E-state index contributed by atoms with van der Waals surface area (Å²) in [5.41, 5.74) is 0. The first-order valence-corrected chi connectivity index (χ1v) is 5.85. The SMILES string of the molecule is CCC(CCN(CC)CC)CC(C)=O. The molecule has 0 heterocycles. The number of hydrogen-bond acceptors (Lipinski definition) is 2. The van der Waals surface area contributed by atoms with E-state index in [0.29, 0.717) is 11.7 Å². The largest absolute Gasteiger partial charge is 0.304 e. The summed E-state index contributed by atoms with van der Waals surface area (Å²) >= 11 is 0. The van der Waals surface area contributed by atoms with Crippen LogP contribution in [0.15, 0.2) is 0 Å². The molecular weight excluding hydrogens is 174 g/mol. The van der Waals surface area contributed by atoms with Crippen LogP contribution in [0, 0.1) is 5.92 Å². The van der Waals surface area contributed by atoms with Crippen LogP contribution in [0.5, 0.6) is 0 Å². The van der Waals surface area contributed by atoms with E-state index in [-0.39, 0.29) is 0 Å². The van der Waals surface area contributed by atoms with Gasteiger partial charge >= 0.3 is 0 Å². The van der Waals surface area contributed by atoms with E-state index in [1.54, 1.807) is 6.92 Å². The van der Waals surface area contributed by atoms with Gasteiger partial charge in [-0.3, -0.25) is 0 Å². The second kappa shape index (κ2) is 7.98. The zero-order valence-corrected chi connectivity index (χ0v) is 10.2. The summed E-state index contributed by atoms with van der Waals surface area (Å²) in [5, 5.41) is 0. The molecule has 2 nitrogen and oxygen atoms in total. The number of hydrogen-bond donors (Lipinski definition) is 0. The lowest BCUT2D eigenvalue weighted by Gasteiger charge is -2.21. The lowest BCUT2D eigenvalue weighted by molar-refractivity contribution is -0.118. The van der Waals surface area contributed by atoms with Crippen LogP contribution in [0.4, 0.5) is 0 Å². The Bertz CT molecular complexity index is 152. The van der Waals surface area contributed by atoms with E-state index in [2.05, 4.69) is 25.7 Å². The summed E-state index contributed by atoms with van der Waals surface area (Å²) in [5.74, 6) is 0.921. The minimum Gasteiger partial charge on any atom is -0.304 e. The van der Waals surface area contributed by atoms with Crippen LogP contribution in [0.3, 0.4) is 0 Å². The third kappa shape index (κ3) is 6.14. The second-order valence-corrected chi connectivity index (χ2v) is 4.00. The van der Waals surface area contributed by atoms with E-state index < -0.39 is 0 Å². The molecule has 84 valence electrons. The first-order chi connectivity index (χ1) is 6.63. The van der Waals surface area contributed by atoms with Crippen LogP contribution in [-0.2, 0) is 4.79 Å². The molecule has 2 heteroatoms. The summed E-state index contributed by atoms with van der Waals surface area (Å²) in [4.78, 5) is 13.4. The van der Waals surface area contributed by atoms with Crippen molar-refractivity contribution < 1.29 is 4.79 Å². The highest BCUT2D eigenvalue weighted by molar-refractivity contribution is 5.75. The van der Waals surface area contributed by atoms with Crippen molar-refractivity contribution in [2.24, 2.45) is 5.92 Å². The molecule has 0 N–H and O–H groups in total. The maximum absolute atomic E-state index is 11.0. The van der Waals surface area contributed by atoms with Gasteiger partial charge in [0, 0.05) is 6.42 Å². The lowest BCUT2D eigenvalue weighted by Crippen LogP contribution is -2.26. The first kappa shape index (κ1) is 13.6. The van der Waals surface area contributed by atoms with E-state index >= 15 is 0 Å². The summed E-state index contributed by atoms with van der Waals surface area (Å²) in [6.45, 7) is 11.6. The van der Waals surface area contributed by atoms with E-state index in [1.807, 2.05) is 0 Å². The van der Waals surface area contributed by atoms with Gasteiger partial charge in [0.2, 0.25) is 0 Å². The highest BCUT2D eigenvalue weighted by Crippen LogP contribution is 2.14. The predicted octanol–water partition coefficient (Wildman–Crippen LogP) is 2.72. The number of nitrogens with zero attached hydrogens (tertiary/aromatic N) is 1. The van der Waals surface area contributed by atoms with Gasteiger partial charge in [0.15, 0.2) is 0 Å². The van der Waals surface area contributed by atoms with Gasteiger partial charge in [-0.15, -0.1) is 0 Å². The fourth-order valence-corrected chi connectivity index (χ4v) is 1.76. The van der Waals surface area contributed by atoms with Gasteiger partial charge < -0.3 is 9.69 Å². The average Bonchev–Trinajstić information content (AvgIpc) is 2.17. The normalized spacial score (nSPS) is 13.2. The molecule has 0 aromatic rings. The molecule has 1 unspecified atom stereocenters. The Morgan fingerprint density at radius 3 is 2.14 bits per heavy atom. The third-order valence-electron chi connectivity index (χ3n) is 2.90. The van der Waals surface area contributed by atoms with Gasteiger partial charge in [0.25, 0.3) is 0 Å². The Morgan fingerprint density at radius 1 is 1.21 bits per heavy atom. The van der Waals surface area contributed by atoms with Gasteiger partial charge in [-0.2, -0.15) is 0 Å². The summed E-state index contributed by atoms with van der Waals surface area (Å²) < 4.78 is 0. The first-order valence-electron chi connectivity index (χ1n) is 5.85. The molecule has 0 saturated carbocycles. The molecule has 0 amide bonds. The topological polar surface area (TPSA) is 20.3 Å². The Labute approximate surface area is 88.7 Å². The van der Waals surface area contributed by atoms with E-state index in [9.17, 15) is 4.79 Å². The van der Waals surface area contributed by atoms with Crippen molar-refractivity contribution in [1.82, 2.24) is 4.90 Å². The van der Waals surface area contributed by atoms with Gasteiger partial charge in [0.05, 0.1) is 0 Å². The van der Waals surface area contributed by atoms with E-state index in [1.165, 1.54) is 0 Å². The quantitative estimate of drug-likeness (QED) is 0.599. The number of carbonyl (C=O) groups is 1. The lowest BCUT2D eigenvalue weighted by atomic mass is 9.96. The van der Waals surface area contributed by atoms with Gasteiger partial charge in [0.1, 0.15) is 5.78 Å². The van der Waals surface area contributed by atoms with E-state index in [0.717, 1.165) is 38.9 Å². The Morgan fingerprint density at radius 2 is 1.79 bits per heavy atom. The molecule has 0 fully saturated rings. The average molecular weight is 199 g/mol. The molecule has 0 aliphatic heterocycles. The number of rotatable bonds is 8. The molecule has 0 aliphatic carbocycles. The van der Waals surface area contributed by atoms with Crippen molar-refractivity contribution in [2.45, 2.75) is 47.0 Å². The highest BCUT2D eigenvalue weighted by Gasteiger charge is 2.10. The molecule has 1 atom stereocenters. The van der Waals surface area contributed by atoms with Crippen molar-refractivity contribution in [3.63, 3.8) is 0 Å². The van der Waals surface area contributed by atoms with Crippen molar-refractivity contribution >= 4 is 5.78 Å². The zero-order chi connectivity index (χ0) is 11.0. The summed E-state index contributed by atoms with van der Waals surface area (Å²) in [6, 6.07) is 0. The van der Waals surface area contributed by atoms with E-state index in [4.69, 9.17) is 0 Å². The molecule has 0 aliphatic rings. The van der Waals surface area contributed by atoms with Gasteiger partial charge in [-0.1, -0.05) is 27.2 Å². The highest BCUT2D eigenvalue weighted by atomic mass is 16.1. The van der Waals surface area contributed by atoms with Crippen LogP contribution in [-0.4, -0.2) is 30.3 Å². The maximum atomic E-state index is 11.0. The fourth-order valence-electron chi connectivity index (χ4n) is 1.76. The van der Waals surface area contributed by atoms with Crippen LogP contribution in [0.1, 0.15) is 47.0 Å². The monoisotopic (exact) mass is 199 g/mol. The van der Waals surface area contributed by atoms with Crippen molar-refractivity contribution in [2.75, 3.05) is 19.6 Å². The maximum Gasteiger partial charge on any atom is 0.130 e. The summed E-state index contributed by atoms with van der Waals surface area (Å²) in [6.07, 6.45) is 3.05. The van der Waals surface area contributed by atoms with Crippen LogP contribution < -0.4 is 0 Å². The van der Waals surface area contributed by atoms with Crippen molar-refractivity contribution in [1.29, 1.82) is 0 Å². The molecule has 0 spiro atoms. The Balaban J connectivity index is 3.76. The molecule has 0 aromatic heterocycles. The third-order valence-corrected chi connectivity index (χ3v) is 2.90. The molecule has 0 radical (unpaired) electrons. The number of ketones is 1. The minimum absolute atomic E-state index is 0.330. The molecule has 14 heavy (non-hydrogen) atoms. The standard InChI is InChI=1S/C12H25NO/c1-5-12(10-11(4)14)8-9-13(6-2)7-3/h12H,5-10H2,1-4H3. The Hall–Kier alpha value is -0.370. The van der Waals surface area contributed by atoms with Crippen molar-refractivity contribution in [3.05, 3.63) is 0 Å². The predicted molar refractivity (Wildman–Crippen MR) is 61.5 cm³/mol. The summed E-state index contributed by atoms with van der Waals surface area (Å²) in [7, 11) is 0. The van der Waals surface area contributed by atoms with Gasteiger partial charge in [-0.05, 0) is 38.9 Å². The number of carbonyl (C=O) groups excluding carboxylic acids is 1. The van der Waals surface area contributed by atoms with Crippen LogP contribution in [0.25, 0.3) is 0 Å². The Kier molecular flexibility index (Phi) is 7.77. The zero-order valence-electron chi connectivity index (χ0n) is 10.2. The van der Waals surface area contributed by atoms with Gasteiger partial charge in [-0.25, -0.2) is 0 Å². The molecule has 0 saturated heterocycles. The molecule has 0 aromatic carbocycles. The van der Waals surface area contributed by atoms with Crippen molar-refractivity contribution in [3.8, 4) is 0 Å². The van der Waals surface area contributed by atoms with Crippen LogP contribution in [0.2, 0.25) is 0 Å². The molecule has 0 rings (SSSR count). The van der Waals surface area contributed by atoms with Crippen LogP contribution >= 0.6 is 0 Å². The number of Topliss-reactive ketones (excluding diaryl/α,β-unsaturated/α-hetero) is 1. The molecule has 0 bridgehead atoms. The smallest absolute Gasteiger partial charge is 0.130 e. The minimum atomic E-state index is 0.330. The second-order valence-electron chi connectivity index (χ2n) is 4.00. The fraction of sp³-hybridized carbons (Fsp3) is 0.917. The molecular formula is C12H25NO.